The SMILES string of the molecule is CCCNC(COCCOCC(C)C)C1CCCC1. The molecule has 1 aliphatic rings. The van der Waals surface area contributed by atoms with Crippen molar-refractivity contribution in [2.24, 2.45) is 11.8 Å². The third kappa shape index (κ3) is 7.91. The van der Waals surface area contributed by atoms with Gasteiger partial charge < -0.3 is 14.8 Å². The van der Waals surface area contributed by atoms with E-state index in [9.17, 15) is 0 Å². The first-order valence-corrected chi connectivity index (χ1v) is 8.13. The third-order valence-corrected chi connectivity index (χ3v) is 3.75. The predicted octanol–water partition coefficient (Wildman–Crippen LogP) is 3.23. The Morgan fingerprint density at radius 3 is 2.26 bits per heavy atom. The molecule has 114 valence electrons. The Kier molecular flexibility index (Phi) is 9.48. The average Bonchev–Trinajstić information content (AvgIpc) is 2.90. The van der Waals surface area contributed by atoms with E-state index < -0.39 is 0 Å². The van der Waals surface area contributed by atoms with E-state index in [1.54, 1.807) is 0 Å². The fourth-order valence-electron chi connectivity index (χ4n) is 2.70. The molecule has 0 radical (unpaired) electrons. The van der Waals surface area contributed by atoms with E-state index in [-0.39, 0.29) is 0 Å². The molecule has 0 aromatic heterocycles. The van der Waals surface area contributed by atoms with Crippen molar-refractivity contribution in [3.63, 3.8) is 0 Å². The molecule has 1 rings (SSSR count). The Bertz CT molecular complexity index is 203. The van der Waals surface area contributed by atoms with Crippen LogP contribution in [-0.2, 0) is 9.47 Å². The summed E-state index contributed by atoms with van der Waals surface area (Å²) in [6.07, 6.45) is 6.73. The monoisotopic (exact) mass is 271 g/mol. The topological polar surface area (TPSA) is 30.5 Å². The molecule has 0 aromatic carbocycles. The van der Waals surface area contributed by atoms with Gasteiger partial charge in [-0.05, 0) is 37.6 Å². The second-order valence-electron chi connectivity index (χ2n) is 6.15. The van der Waals surface area contributed by atoms with Gasteiger partial charge in [-0.1, -0.05) is 33.6 Å². The summed E-state index contributed by atoms with van der Waals surface area (Å²) in [7, 11) is 0. The molecule has 0 amide bonds. The molecule has 1 atom stereocenters. The molecule has 0 heterocycles. The zero-order valence-electron chi connectivity index (χ0n) is 13.1. The van der Waals surface area contributed by atoms with Crippen molar-refractivity contribution < 1.29 is 9.47 Å². The minimum atomic E-state index is 0.549. The lowest BCUT2D eigenvalue weighted by molar-refractivity contribution is 0.0247. The van der Waals surface area contributed by atoms with Crippen LogP contribution in [0.15, 0.2) is 0 Å². The van der Waals surface area contributed by atoms with Crippen LogP contribution in [0.2, 0.25) is 0 Å². The Morgan fingerprint density at radius 2 is 1.68 bits per heavy atom. The lowest BCUT2D eigenvalue weighted by Crippen LogP contribution is -2.39. The maximum absolute atomic E-state index is 5.80. The van der Waals surface area contributed by atoms with E-state index in [0.29, 0.717) is 12.0 Å². The van der Waals surface area contributed by atoms with Crippen LogP contribution in [-0.4, -0.2) is 39.0 Å². The van der Waals surface area contributed by atoms with Crippen LogP contribution in [0.5, 0.6) is 0 Å². The maximum Gasteiger partial charge on any atom is 0.0701 e. The van der Waals surface area contributed by atoms with E-state index in [2.05, 4.69) is 26.1 Å². The summed E-state index contributed by atoms with van der Waals surface area (Å²) in [5.74, 6) is 1.43. The van der Waals surface area contributed by atoms with Gasteiger partial charge in [-0.25, -0.2) is 0 Å². The predicted molar refractivity (Wildman–Crippen MR) is 80.5 cm³/mol. The Hall–Kier alpha value is -0.120. The summed E-state index contributed by atoms with van der Waals surface area (Å²) in [5, 5.41) is 3.65. The number of ether oxygens (including phenoxy) is 2. The fourth-order valence-corrected chi connectivity index (χ4v) is 2.70. The molecule has 0 saturated heterocycles. The highest BCUT2D eigenvalue weighted by atomic mass is 16.5. The molecule has 3 heteroatoms. The largest absolute Gasteiger partial charge is 0.379 e. The van der Waals surface area contributed by atoms with E-state index in [1.165, 1.54) is 32.1 Å². The van der Waals surface area contributed by atoms with Crippen LogP contribution in [0.3, 0.4) is 0 Å². The summed E-state index contributed by atoms with van der Waals surface area (Å²) >= 11 is 0. The van der Waals surface area contributed by atoms with E-state index in [0.717, 1.165) is 38.9 Å². The van der Waals surface area contributed by atoms with Gasteiger partial charge in [0.05, 0.1) is 19.8 Å². The number of hydrogen-bond donors (Lipinski definition) is 1. The minimum Gasteiger partial charge on any atom is -0.379 e. The van der Waals surface area contributed by atoms with Gasteiger partial charge in [-0.3, -0.25) is 0 Å². The zero-order valence-corrected chi connectivity index (χ0v) is 13.1. The lowest BCUT2D eigenvalue weighted by Gasteiger charge is -2.24. The highest BCUT2D eigenvalue weighted by molar-refractivity contribution is 4.80. The van der Waals surface area contributed by atoms with Gasteiger partial charge in [0.1, 0.15) is 0 Å². The van der Waals surface area contributed by atoms with Crippen molar-refractivity contribution in [1.29, 1.82) is 0 Å². The Morgan fingerprint density at radius 1 is 1.05 bits per heavy atom. The first-order chi connectivity index (χ1) is 9.24. The summed E-state index contributed by atoms with van der Waals surface area (Å²) in [4.78, 5) is 0. The van der Waals surface area contributed by atoms with Crippen molar-refractivity contribution in [2.75, 3.05) is 33.0 Å². The zero-order chi connectivity index (χ0) is 13.9. The highest BCUT2D eigenvalue weighted by Gasteiger charge is 2.24. The van der Waals surface area contributed by atoms with Gasteiger partial charge in [0.25, 0.3) is 0 Å². The molecule has 1 N–H and O–H groups in total. The quantitative estimate of drug-likeness (QED) is 0.585. The van der Waals surface area contributed by atoms with Crippen LogP contribution < -0.4 is 5.32 Å². The van der Waals surface area contributed by atoms with E-state index in [1.807, 2.05) is 0 Å². The molecule has 0 aliphatic heterocycles. The summed E-state index contributed by atoms with van der Waals surface area (Å²) in [6.45, 7) is 10.8. The molecule has 1 fully saturated rings. The van der Waals surface area contributed by atoms with Crippen LogP contribution in [0.1, 0.15) is 52.9 Å². The molecule has 1 unspecified atom stereocenters. The fraction of sp³-hybridized carbons (Fsp3) is 1.00. The Labute approximate surface area is 119 Å². The smallest absolute Gasteiger partial charge is 0.0701 e. The van der Waals surface area contributed by atoms with E-state index in [4.69, 9.17) is 9.47 Å². The number of rotatable bonds is 11. The van der Waals surface area contributed by atoms with Crippen LogP contribution in [0.25, 0.3) is 0 Å². The first kappa shape index (κ1) is 16.9. The molecule has 0 spiro atoms. The van der Waals surface area contributed by atoms with Crippen LogP contribution >= 0.6 is 0 Å². The van der Waals surface area contributed by atoms with Gasteiger partial charge in [0.15, 0.2) is 0 Å². The first-order valence-electron chi connectivity index (χ1n) is 8.13. The highest BCUT2D eigenvalue weighted by Crippen LogP contribution is 2.27. The second kappa shape index (κ2) is 10.6. The lowest BCUT2D eigenvalue weighted by atomic mass is 9.99. The van der Waals surface area contributed by atoms with Gasteiger partial charge in [-0.15, -0.1) is 0 Å². The van der Waals surface area contributed by atoms with E-state index >= 15 is 0 Å². The number of nitrogens with one attached hydrogen (secondary N) is 1. The van der Waals surface area contributed by atoms with Gasteiger partial charge >= 0.3 is 0 Å². The second-order valence-corrected chi connectivity index (χ2v) is 6.15. The number of hydrogen-bond acceptors (Lipinski definition) is 3. The molecule has 0 bridgehead atoms. The average molecular weight is 271 g/mol. The van der Waals surface area contributed by atoms with Crippen molar-refractivity contribution in [1.82, 2.24) is 5.32 Å². The van der Waals surface area contributed by atoms with Gasteiger partial charge in [0, 0.05) is 12.6 Å². The van der Waals surface area contributed by atoms with Gasteiger partial charge in [0.2, 0.25) is 0 Å². The molecule has 1 saturated carbocycles. The van der Waals surface area contributed by atoms with Crippen molar-refractivity contribution in [3.8, 4) is 0 Å². The Balaban J connectivity index is 2.10. The minimum absolute atomic E-state index is 0.549. The van der Waals surface area contributed by atoms with Gasteiger partial charge in [-0.2, -0.15) is 0 Å². The summed E-state index contributed by atoms with van der Waals surface area (Å²) < 4.78 is 11.3. The molecular weight excluding hydrogens is 238 g/mol. The molecule has 0 aromatic rings. The normalized spacial score (nSPS) is 18.3. The standard InChI is InChI=1S/C16H33NO2/c1-4-9-17-16(15-7-5-6-8-15)13-19-11-10-18-12-14(2)3/h14-17H,4-13H2,1-3H3. The van der Waals surface area contributed by atoms with Crippen molar-refractivity contribution >= 4 is 0 Å². The summed E-state index contributed by atoms with van der Waals surface area (Å²) in [6, 6.07) is 0.549. The summed E-state index contributed by atoms with van der Waals surface area (Å²) in [5.41, 5.74) is 0. The molecule has 19 heavy (non-hydrogen) atoms. The van der Waals surface area contributed by atoms with Crippen LogP contribution in [0.4, 0.5) is 0 Å². The molecule has 1 aliphatic carbocycles. The maximum atomic E-state index is 5.80. The molecule has 3 nitrogen and oxygen atoms in total. The third-order valence-electron chi connectivity index (χ3n) is 3.75. The van der Waals surface area contributed by atoms with Crippen molar-refractivity contribution in [3.05, 3.63) is 0 Å². The van der Waals surface area contributed by atoms with Crippen LogP contribution in [0, 0.1) is 11.8 Å². The molecular formula is C16H33NO2. The van der Waals surface area contributed by atoms with Crippen molar-refractivity contribution in [2.45, 2.75) is 58.9 Å².